The van der Waals surface area contributed by atoms with Gasteiger partial charge in [-0.1, -0.05) is 0 Å². The minimum Gasteiger partial charge on any atom is -0.394 e. The van der Waals surface area contributed by atoms with Crippen LogP contribution in [0.1, 0.15) is 20.3 Å². The standard InChI is InChI=1S/C14H24NO10/c1-5-10(19)7(18)3-9(23-5)25-12-11(20)8(4-16)24-13(21)14(12,22)15-6(2)17/h5,7-13,16,18-20,22H,3-4H2,1-2H3,(H,15,17)/t5-,7-,8+,9-,10+,11+,12-,13?,14+/m0/s1. The monoisotopic (exact) mass is 366 g/mol. The number of hydrogen-bond acceptors (Lipinski definition) is 9. The van der Waals surface area contributed by atoms with Gasteiger partial charge in [0.1, 0.15) is 24.4 Å². The normalized spacial score (nSPS) is 48.2. The lowest BCUT2D eigenvalue weighted by molar-refractivity contribution is -0.380. The predicted molar refractivity (Wildman–Crippen MR) is 77.0 cm³/mol. The van der Waals surface area contributed by atoms with Crippen molar-refractivity contribution in [2.75, 3.05) is 6.61 Å². The Balaban J connectivity index is 2.23. The molecule has 2 rings (SSSR count). The first-order chi connectivity index (χ1) is 11.6. The topological polar surface area (TPSA) is 178 Å². The Morgan fingerprint density at radius 3 is 2.44 bits per heavy atom. The number of amides is 1. The largest absolute Gasteiger partial charge is 0.394 e. The van der Waals surface area contributed by atoms with Gasteiger partial charge >= 0.3 is 0 Å². The number of carbonyl (C=O) groups is 1. The van der Waals surface area contributed by atoms with Gasteiger partial charge in [0.2, 0.25) is 17.9 Å². The first-order valence-corrected chi connectivity index (χ1v) is 7.88. The summed E-state index contributed by atoms with van der Waals surface area (Å²) in [5.41, 5.74) is -2.63. The van der Waals surface area contributed by atoms with Gasteiger partial charge in [0.25, 0.3) is 0 Å². The molecule has 0 aromatic rings. The van der Waals surface area contributed by atoms with E-state index in [0.717, 1.165) is 6.92 Å². The van der Waals surface area contributed by atoms with Crippen molar-refractivity contribution in [3.63, 3.8) is 0 Å². The summed E-state index contributed by atoms with van der Waals surface area (Å²) >= 11 is 0. The zero-order valence-corrected chi connectivity index (χ0v) is 13.8. The highest BCUT2D eigenvalue weighted by Gasteiger charge is 2.58. The van der Waals surface area contributed by atoms with Gasteiger partial charge in [0.05, 0.1) is 18.8 Å². The summed E-state index contributed by atoms with van der Waals surface area (Å²) in [6.45, 7) is 1.81. The summed E-state index contributed by atoms with van der Waals surface area (Å²) in [5, 5.41) is 63.7. The maximum Gasteiger partial charge on any atom is 0.242 e. The molecule has 2 saturated heterocycles. The van der Waals surface area contributed by atoms with E-state index in [9.17, 15) is 35.4 Å². The number of aliphatic hydroxyl groups is 5. The highest BCUT2D eigenvalue weighted by atomic mass is 16.7. The van der Waals surface area contributed by atoms with E-state index in [4.69, 9.17) is 14.2 Å². The summed E-state index contributed by atoms with van der Waals surface area (Å²) in [5.74, 6) is -0.774. The van der Waals surface area contributed by atoms with E-state index >= 15 is 0 Å². The molecule has 0 spiro atoms. The van der Waals surface area contributed by atoms with Crippen molar-refractivity contribution in [3.05, 3.63) is 0 Å². The molecule has 2 fully saturated rings. The number of hydrogen-bond donors (Lipinski definition) is 6. The molecule has 1 radical (unpaired) electrons. The van der Waals surface area contributed by atoms with Crippen molar-refractivity contribution in [3.8, 4) is 0 Å². The molecule has 11 nitrogen and oxygen atoms in total. The van der Waals surface area contributed by atoms with E-state index in [1.54, 1.807) is 0 Å². The molecule has 2 heterocycles. The van der Waals surface area contributed by atoms with Crippen LogP contribution < -0.4 is 5.32 Å². The third-order valence-corrected chi connectivity index (χ3v) is 4.31. The molecular formula is C14H24NO10. The molecule has 0 aliphatic carbocycles. The van der Waals surface area contributed by atoms with E-state index < -0.39 is 67.4 Å². The molecule has 0 aromatic heterocycles. The number of rotatable bonds is 4. The third-order valence-electron chi connectivity index (χ3n) is 4.31. The summed E-state index contributed by atoms with van der Waals surface area (Å²) < 4.78 is 15.6. The smallest absolute Gasteiger partial charge is 0.242 e. The van der Waals surface area contributed by atoms with Crippen molar-refractivity contribution >= 4 is 5.91 Å². The van der Waals surface area contributed by atoms with Crippen LogP contribution in [0, 0.1) is 0 Å². The first kappa shape index (κ1) is 20.4. The van der Waals surface area contributed by atoms with Gasteiger partial charge in [-0.2, -0.15) is 5.11 Å². The molecular weight excluding hydrogens is 342 g/mol. The Hall–Kier alpha value is -0.890. The van der Waals surface area contributed by atoms with Crippen LogP contribution in [0.5, 0.6) is 0 Å². The van der Waals surface area contributed by atoms with Crippen LogP contribution in [0.3, 0.4) is 0 Å². The maximum absolute atomic E-state index is 12.2. The molecule has 2 aliphatic rings. The Labute approximate surface area is 143 Å². The molecule has 0 saturated carbocycles. The highest BCUT2D eigenvalue weighted by Crippen LogP contribution is 2.32. The molecule has 1 amide bonds. The van der Waals surface area contributed by atoms with E-state index in [2.05, 4.69) is 0 Å². The predicted octanol–water partition coefficient (Wildman–Crippen LogP) is -3.44. The molecule has 9 atom stereocenters. The van der Waals surface area contributed by atoms with Crippen molar-refractivity contribution in [2.24, 2.45) is 0 Å². The molecule has 0 bridgehead atoms. The fraction of sp³-hybridized carbons (Fsp3) is 0.929. The molecule has 2 aliphatic heterocycles. The molecule has 6 N–H and O–H groups in total. The van der Waals surface area contributed by atoms with Crippen LogP contribution >= 0.6 is 0 Å². The second-order valence-electron chi connectivity index (χ2n) is 6.31. The summed E-state index contributed by atoms with van der Waals surface area (Å²) in [6.07, 6.45) is -11.5. The number of aliphatic hydroxyl groups excluding tert-OH is 4. The first-order valence-electron chi connectivity index (χ1n) is 7.88. The van der Waals surface area contributed by atoms with Gasteiger partial charge < -0.3 is 45.1 Å². The zero-order chi connectivity index (χ0) is 18.9. The van der Waals surface area contributed by atoms with Gasteiger partial charge in [-0.25, -0.2) is 0 Å². The van der Waals surface area contributed by atoms with E-state index in [-0.39, 0.29) is 6.42 Å². The average Bonchev–Trinajstić information content (AvgIpc) is 2.52. The number of carbonyl (C=O) groups excluding carboxylic acids is 1. The van der Waals surface area contributed by atoms with Gasteiger partial charge in [-0.3, -0.25) is 4.79 Å². The van der Waals surface area contributed by atoms with Crippen molar-refractivity contribution < 1.29 is 49.6 Å². The lowest BCUT2D eigenvalue weighted by Gasteiger charge is -2.48. The summed E-state index contributed by atoms with van der Waals surface area (Å²) in [6, 6.07) is 0. The Morgan fingerprint density at radius 1 is 1.28 bits per heavy atom. The quantitative estimate of drug-likeness (QED) is 0.276. The summed E-state index contributed by atoms with van der Waals surface area (Å²) in [4.78, 5) is 11.3. The van der Waals surface area contributed by atoms with Gasteiger partial charge in [0, 0.05) is 13.3 Å². The van der Waals surface area contributed by atoms with Crippen molar-refractivity contribution in [1.82, 2.24) is 5.32 Å². The Bertz CT molecular complexity index is 467. The van der Waals surface area contributed by atoms with Crippen molar-refractivity contribution in [2.45, 2.75) is 75.2 Å². The van der Waals surface area contributed by atoms with Crippen molar-refractivity contribution in [1.29, 1.82) is 0 Å². The molecule has 11 heteroatoms. The SMILES string of the molecule is CC(=O)N[C@]1(O)C([O])O[C@H](CO)[C@@H](O)[C@@H]1O[C@H]1C[C@H](O)[C@H](O)[C@H](C)O1. The maximum atomic E-state index is 12.2. The average molecular weight is 366 g/mol. The Morgan fingerprint density at radius 2 is 1.92 bits per heavy atom. The van der Waals surface area contributed by atoms with E-state index in [1.807, 2.05) is 5.32 Å². The van der Waals surface area contributed by atoms with E-state index in [1.165, 1.54) is 6.92 Å². The van der Waals surface area contributed by atoms with Crippen LogP contribution in [0.25, 0.3) is 0 Å². The van der Waals surface area contributed by atoms with Crippen LogP contribution in [0.2, 0.25) is 0 Å². The van der Waals surface area contributed by atoms with Crippen LogP contribution in [-0.2, 0) is 24.1 Å². The molecule has 0 aromatic carbocycles. The number of nitrogens with one attached hydrogen (secondary N) is 1. The number of ether oxygens (including phenoxy) is 3. The van der Waals surface area contributed by atoms with E-state index in [0.29, 0.717) is 0 Å². The minimum absolute atomic E-state index is 0.195. The molecule has 25 heavy (non-hydrogen) atoms. The lowest BCUT2D eigenvalue weighted by atomic mass is 9.92. The third kappa shape index (κ3) is 4.10. The fourth-order valence-electron chi connectivity index (χ4n) is 2.96. The van der Waals surface area contributed by atoms with Crippen LogP contribution in [-0.4, -0.2) is 93.0 Å². The van der Waals surface area contributed by atoms with Crippen LogP contribution in [0.15, 0.2) is 0 Å². The lowest BCUT2D eigenvalue weighted by Crippen LogP contribution is -2.74. The summed E-state index contributed by atoms with van der Waals surface area (Å²) in [7, 11) is 0. The second kappa shape index (κ2) is 7.78. The van der Waals surface area contributed by atoms with Gasteiger partial charge in [0.15, 0.2) is 6.29 Å². The van der Waals surface area contributed by atoms with Crippen LogP contribution in [0.4, 0.5) is 0 Å². The van der Waals surface area contributed by atoms with Gasteiger partial charge in [-0.15, -0.1) is 0 Å². The van der Waals surface area contributed by atoms with Gasteiger partial charge in [-0.05, 0) is 6.92 Å². The minimum atomic E-state index is -2.63. The Kier molecular flexibility index (Phi) is 6.35. The highest BCUT2D eigenvalue weighted by molar-refractivity contribution is 5.73. The fourth-order valence-corrected chi connectivity index (χ4v) is 2.96. The molecule has 1 unspecified atom stereocenters. The zero-order valence-electron chi connectivity index (χ0n) is 13.8. The molecule has 145 valence electrons. The second-order valence-corrected chi connectivity index (χ2v) is 6.31.